The number of ether oxygens (including phenoxy) is 1. The van der Waals surface area contributed by atoms with E-state index in [1.54, 1.807) is 18.2 Å². The molecule has 17 heavy (non-hydrogen) atoms. The molecule has 0 atom stereocenters. The summed E-state index contributed by atoms with van der Waals surface area (Å²) in [5.41, 5.74) is 0.908. The first-order valence-corrected chi connectivity index (χ1v) is 5.47. The highest BCUT2D eigenvalue weighted by Gasteiger charge is 2.09. The van der Waals surface area contributed by atoms with E-state index in [-0.39, 0.29) is 5.56 Å². The van der Waals surface area contributed by atoms with Crippen LogP contribution in [0, 0.1) is 0 Å². The number of carbonyl (C=O) groups is 1. The molecule has 1 aromatic carbocycles. The summed E-state index contributed by atoms with van der Waals surface area (Å²) >= 11 is 0. The molecule has 0 aliphatic carbocycles. The summed E-state index contributed by atoms with van der Waals surface area (Å²) in [5.74, 6) is -0.278. The van der Waals surface area contributed by atoms with Gasteiger partial charge in [-0.25, -0.2) is 4.79 Å². The molecule has 0 spiro atoms. The number of carboxylic acids is 1. The maximum absolute atomic E-state index is 11.1. The number of hydrogen-bond acceptors (Lipinski definition) is 3. The molecule has 0 saturated carbocycles. The minimum atomic E-state index is -0.954. The molecule has 1 aromatic heterocycles. The van der Waals surface area contributed by atoms with E-state index in [0.717, 1.165) is 6.42 Å². The van der Waals surface area contributed by atoms with Gasteiger partial charge >= 0.3 is 5.97 Å². The van der Waals surface area contributed by atoms with Gasteiger partial charge in [0.25, 0.3) is 0 Å². The summed E-state index contributed by atoms with van der Waals surface area (Å²) in [5, 5.41) is 9.69. The van der Waals surface area contributed by atoms with E-state index in [2.05, 4.69) is 4.98 Å². The third-order valence-electron chi connectivity index (χ3n) is 2.42. The first-order valence-electron chi connectivity index (χ1n) is 5.47. The van der Waals surface area contributed by atoms with Crippen LogP contribution < -0.4 is 4.74 Å². The molecular weight excluding hydrogens is 218 g/mol. The van der Waals surface area contributed by atoms with Crippen LogP contribution in [-0.4, -0.2) is 22.7 Å². The molecule has 1 heterocycles. The molecule has 4 nitrogen and oxygen atoms in total. The molecule has 88 valence electrons. The quantitative estimate of drug-likeness (QED) is 0.878. The van der Waals surface area contributed by atoms with Crippen molar-refractivity contribution < 1.29 is 14.6 Å². The predicted molar refractivity (Wildman–Crippen MR) is 64.5 cm³/mol. The van der Waals surface area contributed by atoms with Crippen molar-refractivity contribution in [3.63, 3.8) is 0 Å². The van der Waals surface area contributed by atoms with Crippen LogP contribution in [0.2, 0.25) is 0 Å². The molecule has 0 unspecified atom stereocenters. The van der Waals surface area contributed by atoms with Gasteiger partial charge in [-0.2, -0.15) is 0 Å². The summed E-state index contributed by atoms with van der Waals surface area (Å²) in [6.45, 7) is 2.64. The number of hydrogen-bond donors (Lipinski definition) is 1. The van der Waals surface area contributed by atoms with Crippen molar-refractivity contribution in [2.75, 3.05) is 6.61 Å². The van der Waals surface area contributed by atoms with Crippen molar-refractivity contribution in [3.05, 3.63) is 36.0 Å². The standard InChI is InChI=1S/C13H13NO3/c1-2-7-17-9-3-4-12-11(8-9)10(13(15)16)5-6-14-12/h3-6,8H,2,7H2,1H3,(H,15,16). The molecule has 0 amide bonds. The highest BCUT2D eigenvalue weighted by atomic mass is 16.5. The number of aromatic carboxylic acids is 1. The fraction of sp³-hybridized carbons (Fsp3) is 0.231. The van der Waals surface area contributed by atoms with E-state index in [0.29, 0.717) is 23.3 Å². The number of carboxylic acid groups (broad SMARTS) is 1. The molecule has 0 bridgehead atoms. The molecule has 2 rings (SSSR count). The molecule has 2 aromatic rings. The second-order valence-electron chi connectivity index (χ2n) is 3.69. The van der Waals surface area contributed by atoms with Gasteiger partial charge in [0.2, 0.25) is 0 Å². The van der Waals surface area contributed by atoms with Crippen LogP contribution in [0.15, 0.2) is 30.5 Å². The molecule has 0 aliphatic rings. The average molecular weight is 231 g/mol. The second kappa shape index (κ2) is 4.82. The molecule has 0 radical (unpaired) electrons. The zero-order valence-corrected chi connectivity index (χ0v) is 9.51. The Labute approximate surface area is 98.9 Å². The van der Waals surface area contributed by atoms with Crippen molar-refractivity contribution in [2.24, 2.45) is 0 Å². The number of pyridine rings is 1. The largest absolute Gasteiger partial charge is 0.494 e. The molecule has 0 fully saturated rings. The SMILES string of the molecule is CCCOc1ccc2nccc(C(=O)O)c2c1. The van der Waals surface area contributed by atoms with Crippen molar-refractivity contribution in [1.82, 2.24) is 4.98 Å². The zero-order chi connectivity index (χ0) is 12.3. The lowest BCUT2D eigenvalue weighted by atomic mass is 10.1. The van der Waals surface area contributed by atoms with Crippen LogP contribution in [0.25, 0.3) is 10.9 Å². The molecule has 0 aliphatic heterocycles. The lowest BCUT2D eigenvalue weighted by Gasteiger charge is -2.07. The average Bonchev–Trinajstić information content (AvgIpc) is 2.35. The van der Waals surface area contributed by atoms with Gasteiger partial charge in [0, 0.05) is 11.6 Å². The third kappa shape index (κ3) is 2.36. The van der Waals surface area contributed by atoms with Crippen molar-refractivity contribution in [3.8, 4) is 5.75 Å². The van der Waals surface area contributed by atoms with Crippen molar-refractivity contribution in [1.29, 1.82) is 0 Å². The van der Waals surface area contributed by atoms with Crippen LogP contribution in [-0.2, 0) is 0 Å². The Kier molecular flexibility index (Phi) is 3.23. The van der Waals surface area contributed by atoms with Crippen molar-refractivity contribution in [2.45, 2.75) is 13.3 Å². The Bertz CT molecular complexity index is 551. The smallest absolute Gasteiger partial charge is 0.336 e. The van der Waals surface area contributed by atoms with Gasteiger partial charge in [0.1, 0.15) is 5.75 Å². The predicted octanol–water partition coefficient (Wildman–Crippen LogP) is 2.72. The van der Waals surface area contributed by atoms with Gasteiger partial charge in [0.05, 0.1) is 17.7 Å². The maximum atomic E-state index is 11.1. The highest BCUT2D eigenvalue weighted by molar-refractivity contribution is 6.02. The van der Waals surface area contributed by atoms with E-state index in [1.165, 1.54) is 12.3 Å². The highest BCUT2D eigenvalue weighted by Crippen LogP contribution is 2.22. The Hall–Kier alpha value is -2.10. The maximum Gasteiger partial charge on any atom is 0.336 e. The lowest BCUT2D eigenvalue weighted by Crippen LogP contribution is -1.99. The van der Waals surface area contributed by atoms with Crippen LogP contribution in [0.5, 0.6) is 5.75 Å². The second-order valence-corrected chi connectivity index (χ2v) is 3.69. The minimum Gasteiger partial charge on any atom is -0.494 e. The minimum absolute atomic E-state index is 0.247. The van der Waals surface area contributed by atoms with Gasteiger partial charge in [-0.1, -0.05) is 6.92 Å². The number of aromatic nitrogens is 1. The summed E-state index contributed by atoms with van der Waals surface area (Å²) < 4.78 is 5.48. The number of fused-ring (bicyclic) bond motifs is 1. The van der Waals surface area contributed by atoms with Crippen LogP contribution >= 0.6 is 0 Å². The van der Waals surface area contributed by atoms with Crippen LogP contribution in [0.3, 0.4) is 0 Å². The van der Waals surface area contributed by atoms with Crippen LogP contribution in [0.4, 0.5) is 0 Å². The first-order chi connectivity index (χ1) is 8.22. The van der Waals surface area contributed by atoms with E-state index in [1.807, 2.05) is 6.92 Å². The first kappa shape index (κ1) is 11.4. The number of rotatable bonds is 4. The third-order valence-corrected chi connectivity index (χ3v) is 2.42. The lowest BCUT2D eigenvalue weighted by molar-refractivity contribution is 0.0699. The van der Waals surface area contributed by atoms with Crippen LogP contribution in [0.1, 0.15) is 23.7 Å². The normalized spacial score (nSPS) is 10.4. The van der Waals surface area contributed by atoms with Gasteiger partial charge in [-0.15, -0.1) is 0 Å². The number of nitrogens with zero attached hydrogens (tertiary/aromatic N) is 1. The van der Waals surface area contributed by atoms with Crippen molar-refractivity contribution >= 4 is 16.9 Å². The fourth-order valence-electron chi connectivity index (χ4n) is 1.62. The Morgan fingerprint density at radius 2 is 2.24 bits per heavy atom. The molecule has 4 heteroatoms. The van der Waals surface area contributed by atoms with Gasteiger partial charge in [-0.05, 0) is 30.7 Å². The topological polar surface area (TPSA) is 59.4 Å². The molecule has 1 N–H and O–H groups in total. The monoisotopic (exact) mass is 231 g/mol. The number of benzene rings is 1. The van der Waals surface area contributed by atoms with E-state index >= 15 is 0 Å². The van der Waals surface area contributed by atoms with E-state index < -0.39 is 5.97 Å². The van der Waals surface area contributed by atoms with Gasteiger partial charge in [-0.3, -0.25) is 4.98 Å². The van der Waals surface area contributed by atoms with Gasteiger partial charge < -0.3 is 9.84 Å². The fourth-order valence-corrected chi connectivity index (χ4v) is 1.62. The summed E-state index contributed by atoms with van der Waals surface area (Å²) in [6.07, 6.45) is 2.41. The summed E-state index contributed by atoms with van der Waals surface area (Å²) in [4.78, 5) is 15.2. The van der Waals surface area contributed by atoms with Gasteiger partial charge in [0.15, 0.2) is 0 Å². The van der Waals surface area contributed by atoms with E-state index in [9.17, 15) is 4.79 Å². The Morgan fingerprint density at radius 3 is 2.94 bits per heavy atom. The summed E-state index contributed by atoms with van der Waals surface area (Å²) in [7, 11) is 0. The summed E-state index contributed by atoms with van der Waals surface area (Å²) in [6, 6.07) is 6.79. The Balaban J connectivity index is 2.50. The Morgan fingerprint density at radius 1 is 1.41 bits per heavy atom. The van der Waals surface area contributed by atoms with E-state index in [4.69, 9.17) is 9.84 Å². The molecule has 0 saturated heterocycles. The zero-order valence-electron chi connectivity index (χ0n) is 9.51. The molecular formula is C13H13NO3.